The Hall–Kier alpha value is -0.590. The fourth-order valence-corrected chi connectivity index (χ4v) is 4.53. The molecule has 1 aromatic heterocycles. The lowest BCUT2D eigenvalue weighted by Gasteiger charge is -2.36. The van der Waals surface area contributed by atoms with E-state index < -0.39 is 10.0 Å². The van der Waals surface area contributed by atoms with Gasteiger partial charge in [-0.25, -0.2) is 8.42 Å². The largest absolute Gasteiger partial charge is 0.266 e. The lowest BCUT2D eigenvalue weighted by atomic mass is 9.94. The summed E-state index contributed by atoms with van der Waals surface area (Å²) in [4.78, 5) is 0. The van der Waals surface area contributed by atoms with Crippen molar-refractivity contribution < 1.29 is 8.42 Å². The van der Waals surface area contributed by atoms with Crippen LogP contribution in [0.1, 0.15) is 32.3 Å². The van der Waals surface area contributed by atoms with E-state index in [4.69, 9.17) is 11.6 Å². The van der Waals surface area contributed by atoms with E-state index in [1.54, 1.807) is 4.31 Å². The number of aromatic amines is 1. The zero-order valence-corrected chi connectivity index (χ0v) is 12.1. The van der Waals surface area contributed by atoms with Crippen molar-refractivity contribution in [3.63, 3.8) is 0 Å². The predicted molar refractivity (Wildman–Crippen MR) is 69.9 cm³/mol. The summed E-state index contributed by atoms with van der Waals surface area (Å²) in [6.07, 6.45) is 3.44. The summed E-state index contributed by atoms with van der Waals surface area (Å²) in [5, 5.41) is 6.49. The molecule has 0 radical (unpaired) electrons. The third-order valence-corrected chi connectivity index (χ3v) is 5.99. The van der Waals surface area contributed by atoms with Gasteiger partial charge < -0.3 is 0 Å². The molecule has 1 aliphatic heterocycles. The smallest absolute Gasteiger partial charge is 0.260 e. The second-order valence-electron chi connectivity index (χ2n) is 4.83. The lowest BCUT2D eigenvalue weighted by molar-refractivity contribution is 0.202. The minimum absolute atomic E-state index is 0.00947. The maximum absolute atomic E-state index is 12.6. The molecule has 18 heavy (non-hydrogen) atoms. The van der Waals surface area contributed by atoms with Crippen LogP contribution in [-0.4, -0.2) is 35.5 Å². The van der Waals surface area contributed by atoms with Gasteiger partial charge >= 0.3 is 0 Å². The summed E-state index contributed by atoms with van der Waals surface area (Å²) >= 11 is 5.74. The molecular formula is C11H18ClN3O2S. The Kier molecular flexibility index (Phi) is 3.99. The molecule has 0 aromatic carbocycles. The quantitative estimate of drug-likeness (QED) is 0.866. The van der Waals surface area contributed by atoms with Crippen molar-refractivity contribution >= 4 is 21.6 Å². The highest BCUT2D eigenvalue weighted by molar-refractivity contribution is 7.89. The molecule has 0 bridgehead atoms. The van der Waals surface area contributed by atoms with Gasteiger partial charge in [0.25, 0.3) is 10.0 Å². The van der Waals surface area contributed by atoms with E-state index in [-0.39, 0.29) is 16.9 Å². The molecule has 2 atom stereocenters. The Morgan fingerprint density at radius 1 is 1.56 bits per heavy atom. The third kappa shape index (κ3) is 2.29. The summed E-state index contributed by atoms with van der Waals surface area (Å²) in [7, 11) is -3.51. The molecule has 1 saturated heterocycles. The Morgan fingerprint density at radius 2 is 2.28 bits per heavy atom. The first-order valence-electron chi connectivity index (χ1n) is 6.08. The number of rotatable bonds is 3. The average Bonchev–Trinajstić information content (AvgIpc) is 2.81. The maximum Gasteiger partial charge on any atom is 0.260 e. The van der Waals surface area contributed by atoms with Crippen molar-refractivity contribution in [1.29, 1.82) is 0 Å². The molecule has 1 fully saturated rings. The zero-order valence-electron chi connectivity index (χ0n) is 10.6. The van der Waals surface area contributed by atoms with Crippen molar-refractivity contribution in [3.8, 4) is 0 Å². The van der Waals surface area contributed by atoms with Crippen LogP contribution in [0.5, 0.6) is 0 Å². The molecular weight excluding hydrogens is 274 g/mol. The van der Waals surface area contributed by atoms with Gasteiger partial charge in [-0.05, 0) is 25.7 Å². The molecule has 0 aliphatic carbocycles. The standard InChI is InChI=1S/C11H18ClN3O2S/c1-8-4-3-5-15(9(8)2)18(16,17)11-10(6-12)7-13-14-11/h7-9H,3-6H2,1-2H3,(H,13,14). The van der Waals surface area contributed by atoms with Gasteiger partial charge in [0.1, 0.15) is 0 Å². The molecule has 7 heteroatoms. The molecule has 0 saturated carbocycles. The monoisotopic (exact) mass is 291 g/mol. The average molecular weight is 292 g/mol. The van der Waals surface area contributed by atoms with Crippen LogP contribution in [0.25, 0.3) is 0 Å². The molecule has 2 unspecified atom stereocenters. The van der Waals surface area contributed by atoms with Crippen LogP contribution in [0.2, 0.25) is 0 Å². The summed E-state index contributed by atoms with van der Waals surface area (Å²) in [5.74, 6) is 0.513. The number of nitrogens with one attached hydrogen (secondary N) is 1. The van der Waals surface area contributed by atoms with E-state index in [2.05, 4.69) is 17.1 Å². The predicted octanol–water partition coefficient (Wildman–Crippen LogP) is 1.96. The van der Waals surface area contributed by atoms with Crippen molar-refractivity contribution in [2.45, 2.75) is 43.6 Å². The minimum atomic E-state index is -3.51. The van der Waals surface area contributed by atoms with Crippen molar-refractivity contribution in [2.75, 3.05) is 6.54 Å². The van der Waals surface area contributed by atoms with E-state index in [0.717, 1.165) is 12.8 Å². The van der Waals surface area contributed by atoms with Crippen molar-refractivity contribution in [2.24, 2.45) is 5.92 Å². The van der Waals surface area contributed by atoms with E-state index in [1.807, 2.05) is 6.92 Å². The SMILES string of the molecule is CC1CCCN(S(=O)(=O)c2[nH]ncc2CCl)C1C. The highest BCUT2D eigenvalue weighted by atomic mass is 35.5. The normalized spacial score (nSPS) is 26.4. The summed E-state index contributed by atoms with van der Waals surface area (Å²) in [5.41, 5.74) is 0.530. The number of nitrogens with zero attached hydrogens (tertiary/aromatic N) is 2. The maximum atomic E-state index is 12.6. The van der Waals surface area contributed by atoms with Gasteiger partial charge in [-0.3, -0.25) is 5.10 Å². The Morgan fingerprint density at radius 3 is 2.94 bits per heavy atom. The summed E-state index contributed by atoms with van der Waals surface area (Å²) in [6, 6.07) is 0.00947. The van der Waals surface area contributed by atoms with Crippen LogP contribution in [-0.2, 0) is 15.9 Å². The third-order valence-electron chi connectivity index (χ3n) is 3.70. The molecule has 102 valence electrons. The number of aromatic nitrogens is 2. The second-order valence-corrected chi connectivity index (χ2v) is 6.93. The van der Waals surface area contributed by atoms with Gasteiger partial charge in [-0.2, -0.15) is 9.40 Å². The van der Waals surface area contributed by atoms with Gasteiger partial charge in [-0.15, -0.1) is 11.6 Å². The van der Waals surface area contributed by atoms with E-state index in [9.17, 15) is 8.42 Å². The van der Waals surface area contributed by atoms with Crippen LogP contribution in [0.15, 0.2) is 11.2 Å². The van der Waals surface area contributed by atoms with Gasteiger partial charge in [0.05, 0.1) is 12.1 Å². The minimum Gasteiger partial charge on any atom is -0.266 e. The van der Waals surface area contributed by atoms with Crippen LogP contribution < -0.4 is 0 Å². The fraction of sp³-hybridized carbons (Fsp3) is 0.727. The van der Waals surface area contributed by atoms with Crippen LogP contribution in [0.4, 0.5) is 0 Å². The Bertz CT molecular complexity index is 514. The van der Waals surface area contributed by atoms with Crippen LogP contribution in [0, 0.1) is 5.92 Å². The highest BCUT2D eigenvalue weighted by Gasteiger charge is 2.36. The molecule has 2 heterocycles. The summed E-state index contributed by atoms with van der Waals surface area (Å²) < 4.78 is 26.7. The van der Waals surface area contributed by atoms with E-state index in [1.165, 1.54) is 6.20 Å². The van der Waals surface area contributed by atoms with Gasteiger partial charge in [0.15, 0.2) is 5.03 Å². The first-order chi connectivity index (χ1) is 8.48. The molecule has 1 aliphatic rings. The highest BCUT2D eigenvalue weighted by Crippen LogP contribution is 2.29. The summed E-state index contributed by atoms with van der Waals surface area (Å²) in [6.45, 7) is 4.61. The van der Waals surface area contributed by atoms with Gasteiger partial charge in [0, 0.05) is 18.2 Å². The number of hydrogen-bond acceptors (Lipinski definition) is 3. The lowest BCUT2D eigenvalue weighted by Crippen LogP contribution is -2.46. The van der Waals surface area contributed by atoms with E-state index >= 15 is 0 Å². The molecule has 0 amide bonds. The molecule has 1 N–H and O–H groups in total. The number of hydrogen-bond donors (Lipinski definition) is 1. The zero-order chi connectivity index (χ0) is 13.3. The van der Waals surface area contributed by atoms with Crippen molar-refractivity contribution in [1.82, 2.24) is 14.5 Å². The topological polar surface area (TPSA) is 66.1 Å². The number of piperidine rings is 1. The van der Waals surface area contributed by atoms with Crippen LogP contribution in [0.3, 0.4) is 0 Å². The molecule has 1 aromatic rings. The first kappa shape index (κ1) is 13.8. The van der Waals surface area contributed by atoms with Crippen molar-refractivity contribution in [3.05, 3.63) is 11.8 Å². The Balaban J connectivity index is 2.36. The number of sulfonamides is 1. The molecule has 2 rings (SSSR count). The number of H-pyrrole nitrogens is 1. The number of alkyl halides is 1. The fourth-order valence-electron chi connectivity index (χ4n) is 2.37. The second kappa shape index (κ2) is 5.19. The van der Waals surface area contributed by atoms with Gasteiger partial charge in [-0.1, -0.05) is 6.92 Å². The first-order valence-corrected chi connectivity index (χ1v) is 8.06. The van der Waals surface area contributed by atoms with Gasteiger partial charge in [0.2, 0.25) is 0 Å². The number of halogens is 1. The van der Waals surface area contributed by atoms with E-state index in [0.29, 0.717) is 18.0 Å². The molecule has 0 spiro atoms. The molecule has 5 nitrogen and oxygen atoms in total. The Labute approximate surface area is 113 Å². The van der Waals surface area contributed by atoms with Crippen LogP contribution >= 0.6 is 11.6 Å².